The first-order chi connectivity index (χ1) is 9.52. The zero-order valence-corrected chi connectivity index (χ0v) is 12.1. The van der Waals surface area contributed by atoms with Crippen molar-refractivity contribution in [1.29, 1.82) is 0 Å². The van der Waals surface area contributed by atoms with Gasteiger partial charge in [-0.15, -0.1) is 0 Å². The maximum Gasteiger partial charge on any atom is 0.232 e. The molecule has 0 aliphatic carbocycles. The van der Waals surface area contributed by atoms with Gasteiger partial charge in [-0.1, -0.05) is 42.7 Å². The number of nitrogens with zero attached hydrogens (tertiary/aromatic N) is 2. The minimum absolute atomic E-state index is 0.0704. The van der Waals surface area contributed by atoms with E-state index < -0.39 is 11.9 Å². The van der Waals surface area contributed by atoms with Crippen LogP contribution in [-0.2, 0) is 6.42 Å². The predicted molar refractivity (Wildman–Crippen MR) is 73.2 cm³/mol. The molecule has 2 atom stereocenters. The molecule has 1 heterocycles. The summed E-state index contributed by atoms with van der Waals surface area (Å²) >= 11 is 5.72. The van der Waals surface area contributed by atoms with Crippen molar-refractivity contribution >= 4 is 11.6 Å². The van der Waals surface area contributed by atoms with Crippen LogP contribution in [0.4, 0.5) is 4.39 Å². The fourth-order valence-corrected chi connectivity index (χ4v) is 2.09. The standard InChI is InChI=1S/C14H16ClFN2O2/c1-3-11(19)8(2)14-17-12(18-20-14)7-9-5-4-6-10(15)13(9)16/h4-6,8,11,19H,3,7H2,1-2H3. The van der Waals surface area contributed by atoms with Crippen molar-refractivity contribution in [2.75, 3.05) is 0 Å². The molecule has 108 valence electrons. The van der Waals surface area contributed by atoms with Crippen LogP contribution in [0.3, 0.4) is 0 Å². The van der Waals surface area contributed by atoms with E-state index in [4.69, 9.17) is 16.1 Å². The number of halogens is 2. The molecule has 0 radical (unpaired) electrons. The Balaban J connectivity index is 2.15. The summed E-state index contributed by atoms with van der Waals surface area (Å²) in [5.74, 6) is 0.0146. The maximum absolute atomic E-state index is 13.8. The Morgan fingerprint density at radius 1 is 1.45 bits per heavy atom. The van der Waals surface area contributed by atoms with Crippen molar-refractivity contribution in [3.8, 4) is 0 Å². The van der Waals surface area contributed by atoms with Crippen molar-refractivity contribution in [3.63, 3.8) is 0 Å². The summed E-state index contributed by atoms with van der Waals surface area (Å²) in [6.07, 6.45) is 0.262. The van der Waals surface area contributed by atoms with E-state index in [1.54, 1.807) is 12.1 Å². The zero-order valence-electron chi connectivity index (χ0n) is 11.3. The Bertz CT molecular complexity index is 588. The van der Waals surface area contributed by atoms with Gasteiger partial charge in [0.2, 0.25) is 5.89 Å². The Labute approximate surface area is 121 Å². The lowest BCUT2D eigenvalue weighted by Crippen LogP contribution is -2.14. The van der Waals surface area contributed by atoms with E-state index in [-0.39, 0.29) is 17.4 Å². The quantitative estimate of drug-likeness (QED) is 0.920. The fraction of sp³-hybridized carbons (Fsp3) is 0.429. The van der Waals surface area contributed by atoms with Gasteiger partial charge in [-0.05, 0) is 18.1 Å². The van der Waals surface area contributed by atoms with Crippen molar-refractivity contribution in [2.45, 2.75) is 38.7 Å². The average molecular weight is 299 g/mol. The molecule has 20 heavy (non-hydrogen) atoms. The van der Waals surface area contributed by atoms with Crippen molar-refractivity contribution in [3.05, 3.63) is 46.3 Å². The molecule has 0 aliphatic rings. The van der Waals surface area contributed by atoms with Crippen LogP contribution in [0.2, 0.25) is 5.02 Å². The van der Waals surface area contributed by atoms with Crippen molar-refractivity contribution < 1.29 is 14.0 Å². The maximum atomic E-state index is 13.8. The van der Waals surface area contributed by atoms with E-state index in [1.165, 1.54) is 6.07 Å². The highest BCUT2D eigenvalue weighted by atomic mass is 35.5. The lowest BCUT2D eigenvalue weighted by Gasteiger charge is -2.11. The van der Waals surface area contributed by atoms with E-state index in [9.17, 15) is 9.50 Å². The van der Waals surface area contributed by atoms with Gasteiger partial charge in [0.25, 0.3) is 0 Å². The molecule has 1 aromatic carbocycles. The van der Waals surface area contributed by atoms with Gasteiger partial charge in [-0.3, -0.25) is 0 Å². The molecule has 0 fully saturated rings. The second-order valence-electron chi connectivity index (χ2n) is 4.70. The van der Waals surface area contributed by atoms with Crippen LogP contribution in [0.5, 0.6) is 0 Å². The third-order valence-electron chi connectivity index (χ3n) is 3.25. The highest BCUT2D eigenvalue weighted by Crippen LogP contribution is 2.22. The summed E-state index contributed by atoms with van der Waals surface area (Å²) < 4.78 is 18.9. The summed E-state index contributed by atoms with van der Waals surface area (Å²) in [6, 6.07) is 4.79. The topological polar surface area (TPSA) is 59.2 Å². The molecule has 1 aromatic heterocycles. The van der Waals surface area contributed by atoms with Gasteiger partial charge in [0, 0.05) is 6.42 Å². The normalized spacial score (nSPS) is 14.2. The molecule has 0 aliphatic heterocycles. The molecule has 0 spiro atoms. The molecule has 4 nitrogen and oxygen atoms in total. The Hall–Kier alpha value is -1.46. The molecular formula is C14H16ClFN2O2. The third kappa shape index (κ3) is 3.16. The first-order valence-electron chi connectivity index (χ1n) is 6.46. The van der Waals surface area contributed by atoms with Crippen molar-refractivity contribution in [2.24, 2.45) is 0 Å². The van der Waals surface area contributed by atoms with Gasteiger partial charge in [0.15, 0.2) is 5.82 Å². The highest BCUT2D eigenvalue weighted by Gasteiger charge is 2.21. The van der Waals surface area contributed by atoms with Gasteiger partial charge in [-0.25, -0.2) is 4.39 Å². The molecule has 0 amide bonds. The number of aliphatic hydroxyl groups is 1. The number of rotatable bonds is 5. The SMILES string of the molecule is CCC(O)C(C)c1nc(Cc2cccc(Cl)c2F)no1. The van der Waals surface area contributed by atoms with Crippen LogP contribution in [0.1, 0.15) is 43.5 Å². The van der Waals surface area contributed by atoms with E-state index in [2.05, 4.69) is 10.1 Å². The highest BCUT2D eigenvalue weighted by molar-refractivity contribution is 6.30. The Morgan fingerprint density at radius 3 is 2.90 bits per heavy atom. The monoisotopic (exact) mass is 298 g/mol. The van der Waals surface area contributed by atoms with Gasteiger partial charge in [0.05, 0.1) is 17.0 Å². The summed E-state index contributed by atoms with van der Waals surface area (Å²) in [7, 11) is 0. The number of benzene rings is 1. The van der Waals surface area contributed by atoms with E-state index >= 15 is 0 Å². The molecular weight excluding hydrogens is 283 g/mol. The van der Waals surface area contributed by atoms with E-state index in [0.29, 0.717) is 23.7 Å². The molecule has 6 heteroatoms. The zero-order chi connectivity index (χ0) is 14.7. The molecule has 0 bridgehead atoms. The predicted octanol–water partition coefficient (Wildman–Crippen LogP) is 3.33. The first kappa shape index (κ1) is 14.9. The van der Waals surface area contributed by atoms with Gasteiger partial charge < -0.3 is 9.63 Å². The summed E-state index contributed by atoms with van der Waals surface area (Å²) in [6.45, 7) is 3.69. The van der Waals surface area contributed by atoms with Gasteiger partial charge in [-0.2, -0.15) is 4.98 Å². The minimum Gasteiger partial charge on any atom is -0.392 e. The number of hydrogen-bond donors (Lipinski definition) is 1. The average Bonchev–Trinajstić information content (AvgIpc) is 2.90. The van der Waals surface area contributed by atoms with Crippen LogP contribution in [-0.4, -0.2) is 21.4 Å². The van der Waals surface area contributed by atoms with Gasteiger partial charge in [0.1, 0.15) is 5.82 Å². The first-order valence-corrected chi connectivity index (χ1v) is 6.84. The second-order valence-corrected chi connectivity index (χ2v) is 5.11. The largest absolute Gasteiger partial charge is 0.392 e. The molecule has 0 saturated carbocycles. The summed E-state index contributed by atoms with van der Waals surface area (Å²) in [5.41, 5.74) is 0.411. The summed E-state index contributed by atoms with van der Waals surface area (Å²) in [5, 5.41) is 13.6. The van der Waals surface area contributed by atoms with E-state index in [0.717, 1.165) is 0 Å². The molecule has 0 saturated heterocycles. The lowest BCUT2D eigenvalue weighted by atomic mass is 10.0. The minimum atomic E-state index is -0.536. The molecule has 2 rings (SSSR count). The van der Waals surface area contributed by atoms with Crippen LogP contribution in [0.25, 0.3) is 0 Å². The Morgan fingerprint density at radius 2 is 2.20 bits per heavy atom. The van der Waals surface area contributed by atoms with Gasteiger partial charge >= 0.3 is 0 Å². The van der Waals surface area contributed by atoms with Crippen LogP contribution < -0.4 is 0 Å². The Kier molecular flexibility index (Phi) is 4.73. The van der Waals surface area contributed by atoms with Crippen LogP contribution in [0.15, 0.2) is 22.7 Å². The fourth-order valence-electron chi connectivity index (χ4n) is 1.90. The molecule has 2 unspecified atom stereocenters. The van der Waals surface area contributed by atoms with Crippen LogP contribution in [0, 0.1) is 5.82 Å². The van der Waals surface area contributed by atoms with Crippen molar-refractivity contribution in [1.82, 2.24) is 10.1 Å². The molecule has 1 N–H and O–H groups in total. The van der Waals surface area contributed by atoms with E-state index in [1.807, 2.05) is 13.8 Å². The lowest BCUT2D eigenvalue weighted by molar-refractivity contribution is 0.129. The summed E-state index contributed by atoms with van der Waals surface area (Å²) in [4.78, 5) is 4.20. The second kappa shape index (κ2) is 6.33. The molecule has 2 aromatic rings. The number of hydrogen-bond acceptors (Lipinski definition) is 4. The van der Waals surface area contributed by atoms with Crippen LogP contribution >= 0.6 is 11.6 Å². The number of aliphatic hydroxyl groups excluding tert-OH is 1. The number of aromatic nitrogens is 2. The smallest absolute Gasteiger partial charge is 0.232 e. The third-order valence-corrected chi connectivity index (χ3v) is 3.54.